The van der Waals surface area contributed by atoms with E-state index >= 15 is 0 Å². The van der Waals surface area contributed by atoms with E-state index in [0.29, 0.717) is 31.9 Å². The van der Waals surface area contributed by atoms with Crippen molar-refractivity contribution in [3.05, 3.63) is 35.6 Å². The molecule has 1 aromatic carbocycles. The second-order valence-electron chi connectivity index (χ2n) is 5.38. The molecule has 2 atom stereocenters. The number of hydrogen-bond acceptors (Lipinski definition) is 4. The molecule has 0 aliphatic carbocycles. The predicted molar refractivity (Wildman–Crippen MR) is 79.3 cm³/mol. The lowest BCUT2D eigenvalue weighted by Gasteiger charge is -2.33. The number of benzene rings is 1. The molecule has 1 aliphatic rings. The van der Waals surface area contributed by atoms with Crippen LogP contribution < -0.4 is 5.32 Å². The minimum absolute atomic E-state index is 0.213. The lowest BCUT2D eigenvalue weighted by molar-refractivity contribution is -0.128. The molecule has 1 heterocycles. The number of carbonyl (C=O) groups excluding carboxylic acids is 1. The normalized spacial score (nSPS) is 18.2. The van der Waals surface area contributed by atoms with Gasteiger partial charge in [0, 0.05) is 19.6 Å². The molecule has 0 unspecified atom stereocenters. The fourth-order valence-electron chi connectivity index (χ4n) is 2.44. The Morgan fingerprint density at radius 1 is 1.50 bits per heavy atom. The molecule has 118 valence electrons. The van der Waals surface area contributed by atoms with Crippen LogP contribution in [0, 0.1) is 23.1 Å². The Morgan fingerprint density at radius 2 is 2.23 bits per heavy atom. The van der Waals surface area contributed by atoms with Gasteiger partial charge in [-0.2, -0.15) is 5.26 Å². The number of nitrogens with one attached hydrogen (secondary N) is 1. The lowest BCUT2D eigenvalue weighted by Crippen LogP contribution is -2.46. The van der Waals surface area contributed by atoms with Gasteiger partial charge in [-0.15, -0.1) is 0 Å². The van der Waals surface area contributed by atoms with Gasteiger partial charge >= 0.3 is 0 Å². The molecule has 0 aromatic heterocycles. The molecular weight excluding hydrogens is 285 g/mol. The number of amides is 1. The zero-order chi connectivity index (χ0) is 15.9. The number of hydrogen-bond donors (Lipinski definition) is 1. The Kier molecular flexibility index (Phi) is 5.87. The first-order chi connectivity index (χ1) is 10.6. The summed E-state index contributed by atoms with van der Waals surface area (Å²) < 4.78 is 18.8. The van der Waals surface area contributed by atoms with Crippen LogP contribution in [0.15, 0.2) is 24.3 Å². The van der Waals surface area contributed by atoms with E-state index in [1.165, 1.54) is 12.1 Å². The molecule has 1 aromatic rings. The topological polar surface area (TPSA) is 65.4 Å². The van der Waals surface area contributed by atoms with Crippen LogP contribution in [0.25, 0.3) is 0 Å². The van der Waals surface area contributed by atoms with Gasteiger partial charge in [0.25, 0.3) is 0 Å². The molecule has 1 fully saturated rings. The van der Waals surface area contributed by atoms with E-state index in [0.717, 1.165) is 0 Å². The minimum atomic E-state index is -0.564. The summed E-state index contributed by atoms with van der Waals surface area (Å²) in [5, 5.41) is 11.6. The number of rotatable bonds is 5. The summed E-state index contributed by atoms with van der Waals surface area (Å²) in [4.78, 5) is 14.5. The molecule has 5 nitrogen and oxygen atoms in total. The zero-order valence-corrected chi connectivity index (χ0v) is 12.6. The van der Waals surface area contributed by atoms with Gasteiger partial charge < -0.3 is 10.1 Å². The molecule has 6 heteroatoms. The van der Waals surface area contributed by atoms with Crippen LogP contribution >= 0.6 is 0 Å². The molecule has 1 N–H and O–H groups in total. The highest BCUT2D eigenvalue weighted by Gasteiger charge is 2.29. The second-order valence-corrected chi connectivity index (χ2v) is 5.38. The van der Waals surface area contributed by atoms with E-state index in [4.69, 9.17) is 10.00 Å². The number of nitriles is 1. The molecule has 0 saturated carbocycles. The van der Waals surface area contributed by atoms with E-state index in [-0.39, 0.29) is 24.2 Å². The maximum Gasteiger partial charge on any atom is 0.242 e. The van der Waals surface area contributed by atoms with Crippen molar-refractivity contribution in [2.45, 2.75) is 13.0 Å². The van der Waals surface area contributed by atoms with Gasteiger partial charge in [-0.3, -0.25) is 9.69 Å². The van der Waals surface area contributed by atoms with E-state index in [1.54, 1.807) is 19.1 Å². The third-order valence-electron chi connectivity index (χ3n) is 3.63. The van der Waals surface area contributed by atoms with E-state index in [1.807, 2.05) is 4.90 Å². The Hall–Kier alpha value is -1.97. The third kappa shape index (κ3) is 4.26. The van der Waals surface area contributed by atoms with Crippen LogP contribution in [0.5, 0.6) is 0 Å². The number of nitrogens with zero attached hydrogens (tertiary/aromatic N) is 2. The van der Waals surface area contributed by atoms with Crippen LogP contribution in [0.1, 0.15) is 18.5 Å². The van der Waals surface area contributed by atoms with Gasteiger partial charge in [0.15, 0.2) is 0 Å². The minimum Gasteiger partial charge on any atom is -0.379 e. The number of morpholine rings is 1. The van der Waals surface area contributed by atoms with Crippen LogP contribution in [-0.2, 0) is 9.53 Å². The molecule has 1 amide bonds. The van der Waals surface area contributed by atoms with Crippen molar-refractivity contribution in [1.82, 2.24) is 10.2 Å². The van der Waals surface area contributed by atoms with Crippen molar-refractivity contribution in [2.75, 3.05) is 32.8 Å². The first kappa shape index (κ1) is 16.4. The molecule has 22 heavy (non-hydrogen) atoms. The fourth-order valence-corrected chi connectivity index (χ4v) is 2.44. The highest BCUT2D eigenvalue weighted by molar-refractivity contribution is 5.83. The average molecular weight is 305 g/mol. The zero-order valence-electron chi connectivity index (χ0n) is 12.6. The van der Waals surface area contributed by atoms with Crippen molar-refractivity contribution in [3.63, 3.8) is 0 Å². The van der Waals surface area contributed by atoms with E-state index in [2.05, 4.69) is 11.4 Å². The molecule has 1 aliphatic heterocycles. The molecule has 0 radical (unpaired) electrons. The maximum atomic E-state index is 13.5. The van der Waals surface area contributed by atoms with Gasteiger partial charge in [-0.25, -0.2) is 4.39 Å². The summed E-state index contributed by atoms with van der Waals surface area (Å²) in [5.74, 6) is -0.842. The highest BCUT2D eigenvalue weighted by Crippen LogP contribution is 2.23. The summed E-state index contributed by atoms with van der Waals surface area (Å²) in [6.07, 6.45) is 0. The van der Waals surface area contributed by atoms with Gasteiger partial charge in [-0.05, 0) is 24.6 Å². The standard InChI is InChI=1S/C16H20FN3O2/c1-12(10-18)11-19-16(21)15(20-5-7-22-8-6-20)13-3-2-4-14(17)9-13/h2-4,9,12,15H,5-8,11H2,1H3,(H,19,21)/t12-,15-/m1/s1. The number of halogens is 1. The predicted octanol–water partition coefficient (Wildman–Crippen LogP) is 1.47. The first-order valence-corrected chi connectivity index (χ1v) is 7.36. The van der Waals surface area contributed by atoms with Crippen molar-refractivity contribution in [1.29, 1.82) is 5.26 Å². The number of ether oxygens (including phenoxy) is 1. The molecular formula is C16H20FN3O2. The smallest absolute Gasteiger partial charge is 0.242 e. The Morgan fingerprint density at radius 3 is 2.86 bits per heavy atom. The lowest BCUT2D eigenvalue weighted by atomic mass is 10.0. The van der Waals surface area contributed by atoms with Crippen LogP contribution in [-0.4, -0.2) is 43.7 Å². The summed E-state index contributed by atoms with van der Waals surface area (Å²) in [6, 6.07) is 7.60. The summed E-state index contributed by atoms with van der Waals surface area (Å²) in [5.41, 5.74) is 0.615. The summed E-state index contributed by atoms with van der Waals surface area (Å²) in [6.45, 7) is 4.35. The van der Waals surface area contributed by atoms with Crippen molar-refractivity contribution < 1.29 is 13.9 Å². The van der Waals surface area contributed by atoms with Gasteiger partial charge in [0.05, 0.1) is 25.2 Å². The van der Waals surface area contributed by atoms with Crippen molar-refractivity contribution in [3.8, 4) is 6.07 Å². The molecule has 0 bridgehead atoms. The number of carbonyl (C=O) groups is 1. The van der Waals surface area contributed by atoms with Crippen LogP contribution in [0.4, 0.5) is 4.39 Å². The van der Waals surface area contributed by atoms with Gasteiger partial charge in [-0.1, -0.05) is 12.1 Å². The summed E-state index contributed by atoms with van der Waals surface area (Å²) in [7, 11) is 0. The van der Waals surface area contributed by atoms with Gasteiger partial charge in [0.1, 0.15) is 11.9 Å². The Labute approximate surface area is 129 Å². The van der Waals surface area contributed by atoms with Crippen LogP contribution in [0.3, 0.4) is 0 Å². The molecule has 2 rings (SSSR count). The SMILES string of the molecule is C[C@H](C#N)CNC(=O)[C@@H](c1cccc(F)c1)N1CCOCC1. The monoisotopic (exact) mass is 305 g/mol. The summed E-state index contributed by atoms with van der Waals surface area (Å²) >= 11 is 0. The largest absolute Gasteiger partial charge is 0.379 e. The van der Waals surface area contributed by atoms with Crippen molar-refractivity contribution in [2.24, 2.45) is 5.92 Å². The van der Waals surface area contributed by atoms with E-state index < -0.39 is 6.04 Å². The molecule has 0 spiro atoms. The molecule has 1 saturated heterocycles. The maximum absolute atomic E-state index is 13.5. The quantitative estimate of drug-likeness (QED) is 0.895. The second kappa shape index (κ2) is 7.87. The fraction of sp³-hybridized carbons (Fsp3) is 0.500. The highest BCUT2D eigenvalue weighted by atomic mass is 19.1. The van der Waals surface area contributed by atoms with Gasteiger partial charge in [0.2, 0.25) is 5.91 Å². The van der Waals surface area contributed by atoms with Crippen molar-refractivity contribution >= 4 is 5.91 Å². The third-order valence-corrected chi connectivity index (χ3v) is 3.63. The van der Waals surface area contributed by atoms with Crippen LogP contribution in [0.2, 0.25) is 0 Å². The van der Waals surface area contributed by atoms with E-state index in [9.17, 15) is 9.18 Å². The Balaban J connectivity index is 2.17. The first-order valence-electron chi connectivity index (χ1n) is 7.36. The Bertz CT molecular complexity index is 553. The average Bonchev–Trinajstić information content (AvgIpc) is 2.54.